The molecular weight excluding hydrogens is 445 g/mol. The lowest BCUT2D eigenvalue weighted by atomic mass is 9.92. The number of anilines is 2. The van der Waals surface area contributed by atoms with Crippen LogP contribution in [-0.2, 0) is 6.54 Å². The van der Waals surface area contributed by atoms with Gasteiger partial charge in [0.15, 0.2) is 0 Å². The molecule has 10 heteroatoms. The molecule has 5 rings (SSSR count). The van der Waals surface area contributed by atoms with Crippen molar-refractivity contribution in [1.29, 1.82) is 0 Å². The van der Waals surface area contributed by atoms with Gasteiger partial charge in [-0.25, -0.2) is 19.0 Å². The van der Waals surface area contributed by atoms with Crippen LogP contribution in [0, 0.1) is 24.6 Å². The summed E-state index contributed by atoms with van der Waals surface area (Å²) < 4.78 is 21.1. The van der Waals surface area contributed by atoms with Crippen molar-refractivity contribution in [2.45, 2.75) is 45.7 Å². The molecule has 3 atom stereocenters. The summed E-state index contributed by atoms with van der Waals surface area (Å²) in [5, 5.41) is 8.24. The average Bonchev–Trinajstić information content (AvgIpc) is 3.26. The van der Waals surface area contributed by atoms with Crippen LogP contribution in [0.2, 0.25) is 5.02 Å². The Bertz CT molecular complexity index is 1130. The number of aryl methyl sites for hydroxylation is 2. The molecule has 1 aromatic carbocycles. The quantitative estimate of drug-likeness (QED) is 0.535. The van der Waals surface area contributed by atoms with Gasteiger partial charge in [0.05, 0.1) is 5.02 Å². The van der Waals surface area contributed by atoms with Crippen LogP contribution in [0.15, 0.2) is 30.6 Å². The summed E-state index contributed by atoms with van der Waals surface area (Å²) in [6.45, 7) is 6.61. The fourth-order valence-corrected chi connectivity index (χ4v) is 5.05. The van der Waals surface area contributed by atoms with Crippen molar-refractivity contribution in [2.24, 2.45) is 11.8 Å². The lowest BCUT2D eigenvalue weighted by molar-refractivity contribution is 0.374. The lowest BCUT2D eigenvalue weighted by Crippen LogP contribution is -2.48. The van der Waals surface area contributed by atoms with Gasteiger partial charge in [0.25, 0.3) is 0 Å². The Kier molecular flexibility index (Phi) is 6.05. The van der Waals surface area contributed by atoms with Crippen molar-refractivity contribution in [2.75, 3.05) is 23.3 Å². The molecule has 2 bridgehead atoms. The summed E-state index contributed by atoms with van der Waals surface area (Å²) in [4.78, 5) is 15.7. The van der Waals surface area contributed by atoms with E-state index in [0.717, 1.165) is 43.9 Å². The molecule has 2 aromatic heterocycles. The van der Waals surface area contributed by atoms with Gasteiger partial charge in [-0.15, -0.1) is 5.10 Å². The van der Waals surface area contributed by atoms with Crippen LogP contribution in [0.4, 0.5) is 16.2 Å². The Morgan fingerprint density at radius 1 is 1.18 bits per heavy atom. The predicted octanol–water partition coefficient (Wildman–Crippen LogP) is 4.70. The highest BCUT2D eigenvalue weighted by Gasteiger charge is 2.43. The molecule has 0 spiro atoms. The largest absolute Gasteiger partial charge is 0.424 e. The lowest BCUT2D eigenvalue weighted by Gasteiger charge is -2.38. The molecule has 3 heterocycles. The fourth-order valence-electron chi connectivity index (χ4n) is 4.88. The molecule has 1 aliphatic heterocycles. The van der Waals surface area contributed by atoms with Crippen LogP contribution in [0.25, 0.3) is 0 Å². The third kappa shape index (κ3) is 4.59. The Morgan fingerprint density at radius 3 is 2.67 bits per heavy atom. The smallest absolute Gasteiger partial charge is 0.322 e. The SMILES string of the molecule is CCCn1nc(N[C@H]2[C@@H]3CC[C@H]2CN(c2cc(C)ncn2)C3)nc1Oc1ccc(F)c(Cl)c1. The maximum absolute atomic E-state index is 13.5. The number of aromatic nitrogens is 5. The van der Waals surface area contributed by atoms with Crippen LogP contribution in [0.1, 0.15) is 31.9 Å². The third-order valence-electron chi connectivity index (χ3n) is 6.42. The van der Waals surface area contributed by atoms with E-state index in [9.17, 15) is 4.39 Å². The zero-order chi connectivity index (χ0) is 22.9. The molecule has 1 saturated heterocycles. The van der Waals surface area contributed by atoms with Gasteiger partial charge in [0, 0.05) is 43.5 Å². The van der Waals surface area contributed by atoms with E-state index in [2.05, 4.69) is 37.2 Å². The van der Waals surface area contributed by atoms with Gasteiger partial charge in [-0.1, -0.05) is 18.5 Å². The summed E-state index contributed by atoms with van der Waals surface area (Å²) in [5.41, 5.74) is 0.980. The first-order valence-corrected chi connectivity index (χ1v) is 11.8. The minimum atomic E-state index is -0.486. The van der Waals surface area contributed by atoms with Crippen LogP contribution < -0.4 is 15.0 Å². The van der Waals surface area contributed by atoms with E-state index < -0.39 is 5.82 Å². The molecule has 1 aliphatic carbocycles. The van der Waals surface area contributed by atoms with Crippen LogP contribution in [0.3, 0.4) is 0 Å². The van der Waals surface area contributed by atoms with E-state index in [1.807, 2.05) is 13.0 Å². The number of ether oxygens (including phenoxy) is 1. The van der Waals surface area contributed by atoms with Gasteiger partial charge in [-0.05, 0) is 50.2 Å². The maximum atomic E-state index is 13.5. The highest BCUT2D eigenvalue weighted by Crippen LogP contribution is 2.40. The number of rotatable bonds is 7. The second-order valence-electron chi connectivity index (χ2n) is 8.81. The van der Waals surface area contributed by atoms with E-state index in [4.69, 9.17) is 16.3 Å². The number of piperidine rings is 1. The highest BCUT2D eigenvalue weighted by atomic mass is 35.5. The molecule has 3 aromatic rings. The first-order valence-electron chi connectivity index (χ1n) is 11.4. The predicted molar refractivity (Wildman–Crippen MR) is 124 cm³/mol. The normalized spacial score (nSPS) is 21.9. The topological polar surface area (TPSA) is 81.0 Å². The zero-order valence-electron chi connectivity index (χ0n) is 18.7. The minimum absolute atomic E-state index is 0.00891. The highest BCUT2D eigenvalue weighted by molar-refractivity contribution is 6.30. The Morgan fingerprint density at radius 2 is 1.97 bits per heavy atom. The first-order chi connectivity index (χ1) is 16.0. The van der Waals surface area contributed by atoms with Gasteiger partial charge >= 0.3 is 6.01 Å². The van der Waals surface area contributed by atoms with E-state index >= 15 is 0 Å². The van der Waals surface area contributed by atoms with Crippen molar-refractivity contribution >= 4 is 23.4 Å². The van der Waals surface area contributed by atoms with Gasteiger partial charge in [0.1, 0.15) is 23.7 Å². The van der Waals surface area contributed by atoms with Crippen LogP contribution in [0.5, 0.6) is 11.8 Å². The molecule has 2 fully saturated rings. The number of benzene rings is 1. The summed E-state index contributed by atoms with van der Waals surface area (Å²) in [6.07, 6.45) is 4.84. The zero-order valence-corrected chi connectivity index (χ0v) is 19.5. The van der Waals surface area contributed by atoms with Crippen molar-refractivity contribution in [3.05, 3.63) is 47.1 Å². The number of hydrogen-bond acceptors (Lipinski definition) is 7. The number of nitrogens with one attached hydrogen (secondary N) is 1. The van der Waals surface area contributed by atoms with Gasteiger partial charge in [-0.2, -0.15) is 4.98 Å². The van der Waals surface area contributed by atoms with Gasteiger partial charge in [0.2, 0.25) is 5.95 Å². The molecule has 1 saturated carbocycles. The number of fused-ring (bicyclic) bond motifs is 2. The molecule has 0 unspecified atom stereocenters. The van der Waals surface area contributed by atoms with Gasteiger partial charge in [-0.3, -0.25) is 0 Å². The second-order valence-corrected chi connectivity index (χ2v) is 9.22. The molecule has 8 nitrogen and oxygen atoms in total. The summed E-state index contributed by atoms with van der Waals surface area (Å²) in [7, 11) is 0. The monoisotopic (exact) mass is 471 g/mol. The van der Waals surface area contributed by atoms with Crippen LogP contribution in [-0.4, -0.2) is 43.9 Å². The summed E-state index contributed by atoms with van der Waals surface area (Å²) in [6, 6.07) is 6.97. The maximum Gasteiger partial charge on any atom is 0.322 e. The van der Waals surface area contributed by atoms with Crippen molar-refractivity contribution in [1.82, 2.24) is 24.7 Å². The molecule has 0 amide bonds. The van der Waals surface area contributed by atoms with Crippen molar-refractivity contribution < 1.29 is 9.13 Å². The number of halogens is 2. The van der Waals surface area contributed by atoms with Crippen molar-refractivity contribution in [3.8, 4) is 11.8 Å². The van der Waals surface area contributed by atoms with E-state index in [0.29, 0.717) is 42.1 Å². The average molecular weight is 472 g/mol. The Hall–Kier alpha value is -2.94. The third-order valence-corrected chi connectivity index (χ3v) is 6.71. The molecule has 0 radical (unpaired) electrons. The molecule has 1 N–H and O–H groups in total. The molecule has 174 valence electrons. The van der Waals surface area contributed by atoms with Crippen molar-refractivity contribution in [3.63, 3.8) is 0 Å². The van der Waals surface area contributed by atoms with E-state index in [1.54, 1.807) is 11.0 Å². The summed E-state index contributed by atoms with van der Waals surface area (Å²) in [5.74, 6) is 2.46. The second kappa shape index (κ2) is 9.13. The first kappa shape index (κ1) is 21.9. The fraction of sp³-hybridized carbons (Fsp3) is 0.478. The minimum Gasteiger partial charge on any atom is -0.424 e. The molecule has 2 aliphatic rings. The van der Waals surface area contributed by atoms with Gasteiger partial charge < -0.3 is 15.0 Å². The molecular formula is C23H27ClFN7O. The summed E-state index contributed by atoms with van der Waals surface area (Å²) >= 11 is 5.90. The van der Waals surface area contributed by atoms with E-state index in [1.165, 1.54) is 18.2 Å². The number of nitrogens with zero attached hydrogens (tertiary/aromatic N) is 6. The Balaban J connectivity index is 1.31. The number of hydrogen-bond donors (Lipinski definition) is 1. The standard InChI is InChI=1S/C23H27ClFN7O/c1-3-8-32-23(33-17-6-7-19(25)18(24)10-17)29-22(30-32)28-21-15-4-5-16(21)12-31(11-15)20-9-14(2)26-13-27-20/h6-7,9-10,13,15-16,21H,3-5,8,11-12H2,1-2H3,(H,28,30)/t15-,16+,21+. The van der Waals surface area contributed by atoms with Crippen LogP contribution >= 0.6 is 11.6 Å². The Labute approximate surface area is 197 Å². The molecule has 33 heavy (non-hydrogen) atoms. The van der Waals surface area contributed by atoms with E-state index in [-0.39, 0.29) is 5.02 Å².